The van der Waals surface area contributed by atoms with Gasteiger partial charge in [0, 0.05) is 19.4 Å². The topological polar surface area (TPSA) is 135 Å². The quantitative estimate of drug-likeness (QED) is 0.481. The first-order valence-electron chi connectivity index (χ1n) is 10.4. The summed E-state index contributed by atoms with van der Waals surface area (Å²) >= 11 is 0. The Morgan fingerprint density at radius 1 is 1.09 bits per heavy atom. The number of fused-ring (bicyclic) bond motifs is 3. The fourth-order valence-electron chi connectivity index (χ4n) is 3.93. The maximum atomic E-state index is 12.6. The molecule has 33 heavy (non-hydrogen) atoms. The molecule has 1 aliphatic rings. The highest BCUT2D eigenvalue weighted by molar-refractivity contribution is 5.95. The number of ether oxygens (including phenoxy) is 1. The van der Waals surface area contributed by atoms with E-state index in [1.165, 1.54) is 11.0 Å². The summed E-state index contributed by atoms with van der Waals surface area (Å²) in [5, 5.41) is 17.9. The summed E-state index contributed by atoms with van der Waals surface area (Å²) < 4.78 is 6.82. The van der Waals surface area contributed by atoms with Crippen molar-refractivity contribution in [2.75, 3.05) is 11.9 Å². The van der Waals surface area contributed by atoms with Crippen LogP contribution in [0.3, 0.4) is 0 Å². The average molecular weight is 449 g/mol. The normalized spacial score (nSPS) is 13.0. The Balaban J connectivity index is 1.43. The largest absolute Gasteiger partial charge is 0.481 e. The highest BCUT2D eigenvalue weighted by atomic mass is 16.5. The molecule has 1 aliphatic carbocycles. The van der Waals surface area contributed by atoms with Crippen molar-refractivity contribution in [1.29, 1.82) is 0 Å². The first kappa shape index (κ1) is 22.0. The van der Waals surface area contributed by atoms with Gasteiger partial charge in [-0.05, 0) is 28.7 Å². The van der Waals surface area contributed by atoms with Gasteiger partial charge in [-0.2, -0.15) is 10.1 Å². The summed E-state index contributed by atoms with van der Waals surface area (Å²) in [5.41, 5.74) is 4.33. The Morgan fingerprint density at radius 3 is 2.30 bits per heavy atom. The Kier molecular flexibility index (Phi) is 6.34. The predicted molar refractivity (Wildman–Crippen MR) is 118 cm³/mol. The van der Waals surface area contributed by atoms with Gasteiger partial charge in [0.1, 0.15) is 19.0 Å². The first-order chi connectivity index (χ1) is 15.9. The van der Waals surface area contributed by atoms with Gasteiger partial charge in [0.2, 0.25) is 11.9 Å². The number of aryl methyl sites for hydroxylation is 1. The van der Waals surface area contributed by atoms with Crippen LogP contribution in [0.1, 0.15) is 29.9 Å². The van der Waals surface area contributed by atoms with Crippen LogP contribution in [0.2, 0.25) is 0 Å². The number of carboxylic acids is 1. The Morgan fingerprint density at radius 2 is 1.73 bits per heavy atom. The van der Waals surface area contributed by atoms with Crippen molar-refractivity contribution in [3.63, 3.8) is 0 Å². The number of alkyl carbamates (subject to hydrolysis) is 1. The second-order valence-electron chi connectivity index (χ2n) is 7.65. The third-order valence-electron chi connectivity index (χ3n) is 5.55. The van der Waals surface area contributed by atoms with E-state index in [1.54, 1.807) is 7.05 Å². The van der Waals surface area contributed by atoms with Gasteiger partial charge in [-0.1, -0.05) is 48.5 Å². The number of nitrogens with zero attached hydrogens (tertiary/aromatic N) is 3. The van der Waals surface area contributed by atoms with E-state index < -0.39 is 24.0 Å². The first-order valence-corrected chi connectivity index (χ1v) is 10.4. The monoisotopic (exact) mass is 449 g/mol. The maximum Gasteiger partial charge on any atom is 0.407 e. The third kappa shape index (κ3) is 4.84. The Labute approximate surface area is 189 Å². The molecule has 1 unspecified atom stereocenters. The molecule has 0 saturated carbocycles. The number of carboxylic acid groups (broad SMARTS) is 1. The van der Waals surface area contributed by atoms with E-state index in [0.29, 0.717) is 0 Å². The van der Waals surface area contributed by atoms with Crippen LogP contribution < -0.4 is 10.6 Å². The zero-order valence-electron chi connectivity index (χ0n) is 17.9. The predicted octanol–water partition coefficient (Wildman–Crippen LogP) is 2.53. The number of benzene rings is 2. The molecule has 0 bridgehead atoms. The lowest BCUT2D eigenvalue weighted by atomic mass is 9.98. The molecule has 1 heterocycles. The molecule has 170 valence electrons. The molecule has 0 spiro atoms. The van der Waals surface area contributed by atoms with E-state index in [-0.39, 0.29) is 31.3 Å². The minimum Gasteiger partial charge on any atom is -0.481 e. The van der Waals surface area contributed by atoms with Crippen LogP contribution >= 0.6 is 0 Å². The lowest BCUT2D eigenvalue weighted by Gasteiger charge is -2.19. The molecule has 2 aromatic carbocycles. The highest BCUT2D eigenvalue weighted by Crippen LogP contribution is 2.44. The van der Waals surface area contributed by atoms with Crippen molar-refractivity contribution in [1.82, 2.24) is 20.1 Å². The molecular weight excluding hydrogens is 426 g/mol. The van der Waals surface area contributed by atoms with Crippen molar-refractivity contribution >= 4 is 23.9 Å². The molecule has 3 N–H and O–H groups in total. The number of carbonyl (C=O) groups is 3. The van der Waals surface area contributed by atoms with Gasteiger partial charge >= 0.3 is 12.1 Å². The third-order valence-corrected chi connectivity index (χ3v) is 5.55. The molecule has 10 nitrogen and oxygen atoms in total. The van der Waals surface area contributed by atoms with E-state index >= 15 is 0 Å². The van der Waals surface area contributed by atoms with E-state index in [1.807, 2.05) is 48.5 Å². The maximum absolute atomic E-state index is 12.6. The molecule has 0 fully saturated rings. The molecule has 0 saturated heterocycles. The zero-order valence-corrected chi connectivity index (χ0v) is 17.9. The summed E-state index contributed by atoms with van der Waals surface area (Å²) in [4.78, 5) is 40.1. The number of aliphatic carboxylic acids is 1. The van der Waals surface area contributed by atoms with Crippen LogP contribution in [0, 0.1) is 0 Å². The zero-order chi connectivity index (χ0) is 23.4. The number of amides is 2. The molecule has 4 rings (SSSR count). The lowest BCUT2D eigenvalue weighted by molar-refractivity contribution is -0.137. The van der Waals surface area contributed by atoms with Gasteiger partial charge in [-0.25, -0.2) is 9.48 Å². The molecular formula is C23H23N5O5. The van der Waals surface area contributed by atoms with Crippen molar-refractivity contribution in [2.45, 2.75) is 24.8 Å². The average Bonchev–Trinajstić information content (AvgIpc) is 3.35. The molecule has 2 amide bonds. The fraction of sp³-hybridized carbons (Fsp3) is 0.261. The molecule has 0 radical (unpaired) electrons. The minimum absolute atomic E-state index is 0.0798. The van der Waals surface area contributed by atoms with Crippen LogP contribution in [-0.2, 0) is 21.4 Å². The van der Waals surface area contributed by atoms with E-state index in [0.717, 1.165) is 22.3 Å². The number of rotatable bonds is 8. The van der Waals surface area contributed by atoms with Gasteiger partial charge < -0.3 is 15.2 Å². The van der Waals surface area contributed by atoms with Gasteiger partial charge in [0.25, 0.3) is 0 Å². The highest BCUT2D eigenvalue weighted by Gasteiger charge is 2.30. The molecule has 3 aromatic rings. The summed E-state index contributed by atoms with van der Waals surface area (Å²) in [6.45, 7) is 0.0798. The van der Waals surface area contributed by atoms with Crippen molar-refractivity contribution in [3.05, 3.63) is 66.0 Å². The second kappa shape index (κ2) is 9.51. The van der Waals surface area contributed by atoms with Crippen LogP contribution in [0.15, 0.2) is 54.9 Å². The summed E-state index contributed by atoms with van der Waals surface area (Å²) in [6, 6.07) is 14.8. The molecule has 10 heteroatoms. The summed E-state index contributed by atoms with van der Waals surface area (Å²) in [5.74, 6) is -1.65. The van der Waals surface area contributed by atoms with Crippen molar-refractivity contribution in [3.8, 4) is 11.1 Å². The standard InChI is InChI=1S/C23H23N5O5/c1-28-22(24-13-25-28)27-21(31)19(10-11-20(29)30)26-23(32)33-12-18-16-8-4-2-6-14(16)15-7-3-5-9-17(15)18/h2-9,13,18-19H,10-12H2,1H3,(H,26,32)(H,29,30)(H,24,25,27,31). The van der Waals surface area contributed by atoms with Crippen LogP contribution in [0.25, 0.3) is 11.1 Å². The van der Waals surface area contributed by atoms with E-state index in [9.17, 15) is 14.4 Å². The Bertz CT molecular complexity index is 1150. The fourth-order valence-corrected chi connectivity index (χ4v) is 3.93. The van der Waals surface area contributed by atoms with Crippen LogP contribution in [0.5, 0.6) is 0 Å². The number of anilines is 1. The number of aromatic nitrogens is 3. The molecule has 1 aromatic heterocycles. The second-order valence-corrected chi connectivity index (χ2v) is 7.65. The van der Waals surface area contributed by atoms with Gasteiger partial charge in [0.05, 0.1) is 0 Å². The van der Waals surface area contributed by atoms with Gasteiger partial charge in [-0.3, -0.25) is 14.9 Å². The summed E-state index contributed by atoms with van der Waals surface area (Å²) in [7, 11) is 1.59. The number of hydrogen-bond donors (Lipinski definition) is 3. The molecule has 1 atom stereocenters. The van der Waals surface area contributed by atoms with Gasteiger partial charge in [-0.15, -0.1) is 0 Å². The number of nitrogens with one attached hydrogen (secondary N) is 2. The van der Waals surface area contributed by atoms with E-state index in [2.05, 4.69) is 20.7 Å². The number of hydrogen-bond acceptors (Lipinski definition) is 6. The van der Waals surface area contributed by atoms with Crippen LogP contribution in [0.4, 0.5) is 10.7 Å². The van der Waals surface area contributed by atoms with Gasteiger partial charge in [0.15, 0.2) is 0 Å². The number of carbonyl (C=O) groups excluding carboxylic acids is 2. The van der Waals surface area contributed by atoms with Crippen molar-refractivity contribution in [2.24, 2.45) is 7.05 Å². The molecule has 0 aliphatic heterocycles. The minimum atomic E-state index is -1.12. The van der Waals surface area contributed by atoms with E-state index in [4.69, 9.17) is 9.84 Å². The lowest BCUT2D eigenvalue weighted by Crippen LogP contribution is -2.44. The SMILES string of the molecule is Cn1ncnc1NC(=O)C(CCC(=O)O)NC(=O)OCC1c2ccccc2-c2ccccc21. The summed E-state index contributed by atoms with van der Waals surface area (Å²) in [6.07, 6.45) is 0.0466. The van der Waals surface area contributed by atoms with Crippen molar-refractivity contribution < 1.29 is 24.2 Å². The Hall–Kier alpha value is -4.21. The van der Waals surface area contributed by atoms with Crippen LogP contribution in [-0.4, -0.2) is 50.5 Å². The smallest absolute Gasteiger partial charge is 0.407 e.